The van der Waals surface area contributed by atoms with Gasteiger partial charge in [-0.2, -0.15) is 0 Å². The Morgan fingerprint density at radius 3 is 2.63 bits per heavy atom. The Bertz CT molecular complexity index is 2530. The molecule has 2 aromatic heterocycles. The quantitative estimate of drug-likeness (QED) is 0.0150. The number of aromatic nitrogens is 4. The van der Waals surface area contributed by atoms with Crippen LogP contribution in [-0.2, 0) is 9.57 Å². The minimum atomic E-state index is -1.25. The molecule has 2 aliphatic heterocycles. The number of benzene rings is 3. The predicted molar refractivity (Wildman–Crippen MR) is 225 cm³/mol. The van der Waals surface area contributed by atoms with E-state index in [0.717, 1.165) is 12.8 Å². The summed E-state index contributed by atoms with van der Waals surface area (Å²) in [6.07, 6.45) is 3.18. The number of oxime groups is 1. The van der Waals surface area contributed by atoms with Crippen LogP contribution in [-0.4, -0.2) is 114 Å². The monoisotopic (exact) mass is 841 g/mol. The highest BCUT2D eigenvalue weighted by Crippen LogP contribution is 2.42. The molecule has 0 radical (unpaired) electrons. The molecule has 20 heteroatoms. The van der Waals surface area contributed by atoms with E-state index in [0.29, 0.717) is 87.9 Å². The lowest BCUT2D eigenvalue weighted by Crippen LogP contribution is -2.33. The number of anilines is 2. The average Bonchev–Trinajstić information content (AvgIpc) is 3.79. The summed E-state index contributed by atoms with van der Waals surface area (Å²) in [6.45, 7) is 1.67. The molecule has 9 N–H and O–H groups in total. The molecule has 7 rings (SSSR count). The van der Waals surface area contributed by atoms with Crippen LogP contribution in [0.3, 0.4) is 0 Å². The highest BCUT2D eigenvalue weighted by Gasteiger charge is 2.44. The Morgan fingerprint density at radius 1 is 0.983 bits per heavy atom. The first kappa shape index (κ1) is 41.9. The van der Waals surface area contributed by atoms with Gasteiger partial charge in [0, 0.05) is 53.6 Å². The third-order valence-corrected chi connectivity index (χ3v) is 10.0. The number of phenolic OH excluding ortho intramolecular Hbond substituents is 1. The number of nitrogens with one attached hydrogen (secondary N) is 4. The molecule has 0 bridgehead atoms. The van der Waals surface area contributed by atoms with E-state index in [9.17, 15) is 35.1 Å². The third-order valence-electron chi connectivity index (χ3n) is 9.79. The number of nitrogens with zero attached hydrogens (tertiary/aromatic N) is 5. The number of aromatic carboxylic acids is 1. The topological polar surface area (TPSA) is 271 Å². The maximum Gasteiger partial charge on any atom is 0.336 e. The smallest absolute Gasteiger partial charge is 0.336 e. The number of rotatable bonds is 18. The fraction of sp³-hybridized carbons (Fsp3) is 0.325. The van der Waals surface area contributed by atoms with Crippen LogP contribution in [0.4, 0.5) is 11.5 Å². The minimum Gasteiger partial charge on any atom is -0.508 e. The Morgan fingerprint density at radius 2 is 1.82 bits per heavy atom. The van der Waals surface area contributed by atoms with E-state index in [-0.39, 0.29) is 29.2 Å². The van der Waals surface area contributed by atoms with Crippen molar-refractivity contribution in [2.75, 3.05) is 43.6 Å². The number of unbranched alkanes of at least 4 members (excludes halogenated alkanes) is 2. The number of imidazole rings is 1. The summed E-state index contributed by atoms with van der Waals surface area (Å²) in [5.41, 5.74) is 2.92. The van der Waals surface area contributed by atoms with Crippen molar-refractivity contribution in [1.29, 1.82) is 0 Å². The summed E-state index contributed by atoms with van der Waals surface area (Å²) in [6, 6.07) is 13.7. The van der Waals surface area contributed by atoms with Gasteiger partial charge in [0.2, 0.25) is 0 Å². The lowest BCUT2D eigenvalue weighted by molar-refractivity contribution is -0.0511. The standard InChI is InChI=1S/C40H43N9O10S/c50-18-31-34(53)35(54)38(59-31)49-20-46-33-36(44-19-45-37(33)49)42-12-2-1-11-41-21-57-47-14-4-3-13-43-40(60)48-22-5-8-25(28(15-22)39(55)56)32-26-9-6-23(51)16-29(26)58-30-17-24(52)7-10-27(30)32/h5-10,14-17,19-20,31,34-35,38,41,50-51,53-54H,1-4,11-13,18,21H2,(H,55,56)(H,42,44,45)(H2,43,48,60)/b47-14-/t31-,34-,35-,38-/m1/s1. The molecule has 0 spiro atoms. The van der Waals surface area contributed by atoms with Crippen LogP contribution in [0.25, 0.3) is 44.6 Å². The fourth-order valence-electron chi connectivity index (χ4n) is 6.86. The fourth-order valence-corrected chi connectivity index (χ4v) is 7.08. The number of aliphatic hydroxyl groups is 3. The van der Waals surface area contributed by atoms with Gasteiger partial charge in [-0.15, -0.1) is 0 Å². The summed E-state index contributed by atoms with van der Waals surface area (Å²) in [5, 5.41) is 67.6. The largest absolute Gasteiger partial charge is 0.508 e. The summed E-state index contributed by atoms with van der Waals surface area (Å²) < 4.78 is 13.0. The van der Waals surface area contributed by atoms with Gasteiger partial charge in [-0.25, -0.2) is 19.7 Å². The van der Waals surface area contributed by atoms with Crippen molar-refractivity contribution in [1.82, 2.24) is 30.2 Å². The zero-order valence-corrected chi connectivity index (χ0v) is 32.8. The van der Waals surface area contributed by atoms with Crippen LogP contribution < -0.4 is 26.7 Å². The van der Waals surface area contributed by atoms with E-state index in [1.54, 1.807) is 30.5 Å². The number of thiocarbonyl (C=S) groups is 1. The molecule has 60 heavy (non-hydrogen) atoms. The van der Waals surface area contributed by atoms with Crippen LogP contribution in [0.5, 0.6) is 5.75 Å². The molecule has 1 fully saturated rings. The molecule has 19 nitrogen and oxygen atoms in total. The van der Waals surface area contributed by atoms with Crippen molar-refractivity contribution in [3.8, 4) is 28.2 Å². The number of phenols is 1. The number of carboxylic acid groups (broad SMARTS) is 1. The van der Waals surface area contributed by atoms with Crippen molar-refractivity contribution in [3.05, 3.63) is 83.0 Å². The lowest BCUT2D eigenvalue weighted by atomic mass is 9.90. The van der Waals surface area contributed by atoms with Gasteiger partial charge in [0.15, 0.2) is 40.5 Å². The maximum atomic E-state index is 12.5. The van der Waals surface area contributed by atoms with Gasteiger partial charge in [0.1, 0.15) is 41.7 Å². The molecule has 314 valence electrons. The average molecular weight is 842 g/mol. The number of carbonyl (C=O) groups is 1. The number of aliphatic hydroxyl groups excluding tert-OH is 3. The molecule has 4 aromatic rings. The van der Waals surface area contributed by atoms with Gasteiger partial charge in [-0.3, -0.25) is 14.7 Å². The third kappa shape index (κ3) is 9.44. The van der Waals surface area contributed by atoms with E-state index in [1.165, 1.54) is 47.6 Å². The zero-order chi connectivity index (χ0) is 42.2. The van der Waals surface area contributed by atoms with E-state index < -0.39 is 37.1 Å². The molecule has 3 aliphatic rings. The second-order valence-electron chi connectivity index (χ2n) is 13.9. The van der Waals surface area contributed by atoms with Crippen molar-refractivity contribution in [3.63, 3.8) is 0 Å². The highest BCUT2D eigenvalue weighted by atomic mass is 32.1. The number of aromatic hydroxyl groups is 1. The van der Waals surface area contributed by atoms with Crippen molar-refractivity contribution in [2.24, 2.45) is 5.16 Å². The van der Waals surface area contributed by atoms with E-state index >= 15 is 0 Å². The van der Waals surface area contributed by atoms with Gasteiger partial charge in [0.05, 0.1) is 18.5 Å². The second kappa shape index (κ2) is 19.2. The van der Waals surface area contributed by atoms with Crippen LogP contribution in [0.1, 0.15) is 42.3 Å². The van der Waals surface area contributed by atoms with Crippen molar-refractivity contribution >= 4 is 63.2 Å². The van der Waals surface area contributed by atoms with Crippen molar-refractivity contribution < 1.29 is 44.3 Å². The molecule has 4 heterocycles. The molecule has 0 unspecified atom stereocenters. The highest BCUT2D eigenvalue weighted by molar-refractivity contribution is 7.80. The molecule has 0 saturated carbocycles. The normalized spacial score (nSPS) is 17.8. The summed E-state index contributed by atoms with van der Waals surface area (Å²) in [7, 11) is 0. The molecule has 1 saturated heterocycles. The molecular formula is C40H43N9O10S. The first-order valence-corrected chi connectivity index (χ1v) is 19.5. The van der Waals surface area contributed by atoms with Crippen LogP contribution in [0, 0.1) is 0 Å². The van der Waals surface area contributed by atoms with E-state index in [1.807, 2.05) is 0 Å². The number of hydrogen-bond acceptors (Lipinski definition) is 16. The molecular weight excluding hydrogens is 799 g/mol. The van der Waals surface area contributed by atoms with Gasteiger partial charge in [-0.05, 0) is 86.4 Å². The zero-order valence-electron chi connectivity index (χ0n) is 32.0. The van der Waals surface area contributed by atoms with Crippen LogP contribution in [0.15, 0.2) is 81.6 Å². The molecule has 1 aliphatic carbocycles. The molecule has 2 aromatic carbocycles. The lowest BCUT2D eigenvalue weighted by Gasteiger charge is -2.18. The van der Waals surface area contributed by atoms with Crippen molar-refractivity contribution in [2.45, 2.75) is 50.2 Å². The minimum absolute atomic E-state index is 0.00408. The first-order valence-electron chi connectivity index (χ1n) is 19.1. The van der Waals surface area contributed by atoms with Gasteiger partial charge < -0.3 is 55.5 Å². The summed E-state index contributed by atoms with van der Waals surface area (Å²) in [4.78, 5) is 42.8. The van der Waals surface area contributed by atoms with E-state index in [4.69, 9.17) is 26.2 Å². The Labute approximate surface area is 347 Å². The number of ether oxygens (including phenoxy) is 1. The van der Waals surface area contributed by atoms with Gasteiger partial charge >= 0.3 is 5.97 Å². The Kier molecular flexibility index (Phi) is 13.4. The predicted octanol–water partition coefficient (Wildman–Crippen LogP) is 3.23. The Hall–Kier alpha value is -6.29. The summed E-state index contributed by atoms with van der Waals surface area (Å²) >= 11 is 5.45. The first-order chi connectivity index (χ1) is 29.1. The maximum absolute atomic E-state index is 12.5. The molecule has 0 amide bonds. The van der Waals surface area contributed by atoms with E-state index in [2.05, 4.69) is 41.4 Å². The number of carboxylic acids is 1. The van der Waals surface area contributed by atoms with Gasteiger partial charge in [-0.1, -0.05) is 11.2 Å². The van der Waals surface area contributed by atoms with Crippen LogP contribution in [0.2, 0.25) is 0 Å². The summed E-state index contributed by atoms with van der Waals surface area (Å²) in [5.74, 6) is -0.402. The number of hydrogen-bond donors (Lipinski definition) is 9. The van der Waals surface area contributed by atoms with Gasteiger partial charge in [0.25, 0.3) is 0 Å². The SMILES string of the molecule is O=C(O)c1cc(NC(=S)NCCC/C=N\OCNCCCCNc2ncnc3c2ncn3[C@@H]2O[C@H](CO)[C@@H](O)[C@H]2O)ccc1-c1c2ccc(=O)cc-2oc2cc(O)ccc12. The second-order valence-corrected chi connectivity index (χ2v) is 14.3. The number of fused-ring (bicyclic) bond motifs is 3. The molecule has 4 atom stereocenters. The van der Waals surface area contributed by atoms with Crippen LogP contribution >= 0.6 is 12.2 Å². The Balaban J connectivity index is 0.793.